The highest BCUT2D eigenvalue weighted by Crippen LogP contribution is 2.38. The largest absolute Gasteiger partial charge is 0.315 e. The molecule has 0 spiro atoms. The molecule has 0 saturated heterocycles. The van der Waals surface area contributed by atoms with E-state index in [0.717, 1.165) is 5.92 Å². The first-order valence-corrected chi connectivity index (χ1v) is 7.41. The Morgan fingerprint density at radius 1 is 1.24 bits per heavy atom. The summed E-state index contributed by atoms with van der Waals surface area (Å²) in [6.07, 6.45) is 9.53. The molecule has 0 aromatic rings. The number of hydrogen-bond acceptors (Lipinski definition) is 2. The summed E-state index contributed by atoms with van der Waals surface area (Å²) >= 11 is 0. The summed E-state index contributed by atoms with van der Waals surface area (Å²) in [5, 5.41) is 3.61. The second-order valence-electron chi connectivity index (χ2n) is 6.18. The molecule has 0 aromatic heterocycles. The van der Waals surface area contributed by atoms with Crippen LogP contribution in [-0.4, -0.2) is 37.6 Å². The predicted molar refractivity (Wildman–Crippen MR) is 76.4 cm³/mol. The fourth-order valence-corrected chi connectivity index (χ4v) is 3.71. The first-order valence-electron chi connectivity index (χ1n) is 7.41. The van der Waals surface area contributed by atoms with E-state index < -0.39 is 0 Å². The van der Waals surface area contributed by atoms with E-state index in [2.05, 4.69) is 45.2 Å². The molecule has 1 saturated carbocycles. The van der Waals surface area contributed by atoms with E-state index in [0.29, 0.717) is 11.6 Å². The van der Waals surface area contributed by atoms with E-state index in [1.165, 1.54) is 44.9 Å². The Bertz CT molecular complexity index is 207. The van der Waals surface area contributed by atoms with Gasteiger partial charge in [0, 0.05) is 11.6 Å². The van der Waals surface area contributed by atoms with Gasteiger partial charge in [-0.15, -0.1) is 0 Å². The van der Waals surface area contributed by atoms with Gasteiger partial charge < -0.3 is 10.2 Å². The SMILES string of the molecule is CCCC(C)CC(NC)C1(N(C)C)CCCC1. The van der Waals surface area contributed by atoms with Gasteiger partial charge in [-0.1, -0.05) is 39.5 Å². The lowest BCUT2D eigenvalue weighted by molar-refractivity contribution is 0.0951. The molecule has 1 fully saturated rings. The van der Waals surface area contributed by atoms with Crippen molar-refractivity contribution in [3.63, 3.8) is 0 Å². The smallest absolute Gasteiger partial charge is 0.0356 e. The minimum atomic E-state index is 0.413. The Morgan fingerprint density at radius 3 is 2.24 bits per heavy atom. The Morgan fingerprint density at radius 2 is 1.82 bits per heavy atom. The molecule has 0 amide bonds. The van der Waals surface area contributed by atoms with Gasteiger partial charge in [0.2, 0.25) is 0 Å². The average molecular weight is 240 g/mol. The van der Waals surface area contributed by atoms with Gasteiger partial charge in [-0.05, 0) is 46.3 Å². The second kappa shape index (κ2) is 6.75. The third kappa shape index (κ3) is 3.45. The highest BCUT2D eigenvalue weighted by molar-refractivity contribution is 5.01. The maximum atomic E-state index is 3.61. The van der Waals surface area contributed by atoms with Gasteiger partial charge in [-0.2, -0.15) is 0 Å². The molecule has 1 aliphatic rings. The van der Waals surface area contributed by atoms with Gasteiger partial charge in [0.25, 0.3) is 0 Å². The van der Waals surface area contributed by atoms with Gasteiger partial charge in [-0.25, -0.2) is 0 Å². The molecule has 102 valence electrons. The number of hydrogen-bond donors (Lipinski definition) is 1. The minimum absolute atomic E-state index is 0.413. The van der Waals surface area contributed by atoms with Crippen molar-refractivity contribution >= 4 is 0 Å². The number of likely N-dealkylation sites (N-methyl/N-ethyl adjacent to an activating group) is 2. The second-order valence-corrected chi connectivity index (χ2v) is 6.18. The van der Waals surface area contributed by atoms with Crippen LogP contribution in [0.4, 0.5) is 0 Å². The molecule has 17 heavy (non-hydrogen) atoms. The highest BCUT2D eigenvalue weighted by Gasteiger charge is 2.42. The average Bonchev–Trinajstić information content (AvgIpc) is 2.76. The lowest BCUT2D eigenvalue weighted by Gasteiger charge is -2.44. The van der Waals surface area contributed by atoms with E-state index in [9.17, 15) is 0 Å². The first-order chi connectivity index (χ1) is 8.06. The van der Waals surface area contributed by atoms with Crippen LogP contribution in [0.2, 0.25) is 0 Å². The lowest BCUT2D eigenvalue weighted by atomic mass is 9.81. The van der Waals surface area contributed by atoms with Crippen molar-refractivity contribution in [2.75, 3.05) is 21.1 Å². The quantitative estimate of drug-likeness (QED) is 0.735. The maximum absolute atomic E-state index is 3.61. The van der Waals surface area contributed by atoms with Crippen molar-refractivity contribution in [2.45, 2.75) is 70.4 Å². The summed E-state index contributed by atoms with van der Waals surface area (Å²) in [4.78, 5) is 2.49. The zero-order valence-electron chi connectivity index (χ0n) is 12.6. The topological polar surface area (TPSA) is 15.3 Å². The number of nitrogens with zero attached hydrogens (tertiary/aromatic N) is 1. The van der Waals surface area contributed by atoms with Crippen LogP contribution in [0.5, 0.6) is 0 Å². The van der Waals surface area contributed by atoms with E-state index in [4.69, 9.17) is 0 Å². The number of rotatable bonds is 7. The standard InChI is InChI=1S/C15H32N2/c1-6-9-13(2)12-14(16-3)15(17(4)5)10-7-8-11-15/h13-14,16H,6-12H2,1-5H3. The Balaban J connectivity index is 2.69. The third-order valence-corrected chi connectivity index (χ3v) is 4.78. The fraction of sp³-hybridized carbons (Fsp3) is 1.00. The number of nitrogens with one attached hydrogen (secondary N) is 1. The van der Waals surface area contributed by atoms with Crippen molar-refractivity contribution in [2.24, 2.45) is 5.92 Å². The van der Waals surface area contributed by atoms with Crippen molar-refractivity contribution in [3.05, 3.63) is 0 Å². The molecule has 2 atom stereocenters. The van der Waals surface area contributed by atoms with Crippen LogP contribution >= 0.6 is 0 Å². The molecule has 0 radical (unpaired) electrons. The van der Waals surface area contributed by atoms with Gasteiger partial charge in [0.1, 0.15) is 0 Å². The molecule has 2 heteroatoms. The van der Waals surface area contributed by atoms with Crippen LogP contribution in [0.15, 0.2) is 0 Å². The van der Waals surface area contributed by atoms with E-state index in [1.807, 2.05) is 0 Å². The normalized spacial score (nSPS) is 22.9. The summed E-state index contributed by atoms with van der Waals surface area (Å²) in [5.41, 5.74) is 0.413. The van der Waals surface area contributed by atoms with E-state index in [1.54, 1.807) is 0 Å². The highest BCUT2D eigenvalue weighted by atomic mass is 15.2. The van der Waals surface area contributed by atoms with Gasteiger partial charge in [0.05, 0.1) is 0 Å². The van der Waals surface area contributed by atoms with E-state index in [-0.39, 0.29) is 0 Å². The summed E-state index contributed by atoms with van der Waals surface area (Å²) < 4.78 is 0. The van der Waals surface area contributed by atoms with Gasteiger partial charge in [-0.3, -0.25) is 0 Å². The zero-order chi connectivity index (χ0) is 12.9. The third-order valence-electron chi connectivity index (χ3n) is 4.78. The summed E-state index contributed by atoms with van der Waals surface area (Å²) in [5.74, 6) is 0.842. The molecule has 0 aromatic carbocycles. The Labute approximate surface area is 108 Å². The Kier molecular flexibility index (Phi) is 5.94. The lowest BCUT2D eigenvalue weighted by Crippen LogP contribution is -2.57. The summed E-state index contributed by atoms with van der Waals surface area (Å²) in [6.45, 7) is 4.70. The molecule has 2 nitrogen and oxygen atoms in total. The van der Waals surface area contributed by atoms with Crippen LogP contribution in [0, 0.1) is 5.92 Å². The predicted octanol–water partition coefficient (Wildman–Crippen LogP) is 3.28. The molecular formula is C15H32N2. The molecule has 1 rings (SSSR count). The maximum Gasteiger partial charge on any atom is 0.0356 e. The molecule has 1 N–H and O–H groups in total. The van der Waals surface area contributed by atoms with E-state index >= 15 is 0 Å². The van der Waals surface area contributed by atoms with Crippen LogP contribution in [-0.2, 0) is 0 Å². The molecule has 1 aliphatic carbocycles. The minimum Gasteiger partial charge on any atom is -0.315 e. The molecule has 0 heterocycles. The fourth-order valence-electron chi connectivity index (χ4n) is 3.71. The molecule has 0 bridgehead atoms. The molecular weight excluding hydrogens is 208 g/mol. The van der Waals surface area contributed by atoms with Crippen molar-refractivity contribution in [1.29, 1.82) is 0 Å². The summed E-state index contributed by atoms with van der Waals surface area (Å²) in [7, 11) is 6.67. The van der Waals surface area contributed by atoms with Crippen LogP contribution in [0.25, 0.3) is 0 Å². The zero-order valence-corrected chi connectivity index (χ0v) is 12.6. The van der Waals surface area contributed by atoms with Crippen LogP contribution < -0.4 is 5.32 Å². The Hall–Kier alpha value is -0.0800. The van der Waals surface area contributed by atoms with Crippen molar-refractivity contribution in [1.82, 2.24) is 10.2 Å². The molecule has 0 aliphatic heterocycles. The van der Waals surface area contributed by atoms with Gasteiger partial charge in [0.15, 0.2) is 0 Å². The van der Waals surface area contributed by atoms with Gasteiger partial charge >= 0.3 is 0 Å². The first kappa shape index (κ1) is 15.0. The molecule has 2 unspecified atom stereocenters. The van der Waals surface area contributed by atoms with Crippen LogP contribution in [0.3, 0.4) is 0 Å². The van der Waals surface area contributed by atoms with Crippen molar-refractivity contribution < 1.29 is 0 Å². The van der Waals surface area contributed by atoms with Crippen molar-refractivity contribution in [3.8, 4) is 0 Å². The van der Waals surface area contributed by atoms with Crippen LogP contribution in [0.1, 0.15) is 58.8 Å². The summed E-state index contributed by atoms with van der Waals surface area (Å²) in [6, 6.07) is 0.654. The monoisotopic (exact) mass is 240 g/mol.